The van der Waals surface area contributed by atoms with Gasteiger partial charge in [0, 0.05) is 55.1 Å². The second-order valence-electron chi connectivity index (χ2n) is 7.22. The van der Waals surface area contributed by atoms with Gasteiger partial charge in [0.1, 0.15) is 0 Å². The number of hydrogen-bond donors (Lipinski definition) is 1. The number of amides is 1. The van der Waals surface area contributed by atoms with E-state index in [1.807, 2.05) is 35.1 Å². The first-order chi connectivity index (χ1) is 12.8. The Kier molecular flexibility index (Phi) is 3.71. The zero-order valence-corrected chi connectivity index (χ0v) is 14.5. The van der Waals surface area contributed by atoms with Crippen molar-refractivity contribution >= 4 is 11.6 Å². The Labute approximate surface area is 151 Å². The van der Waals surface area contributed by atoms with Crippen molar-refractivity contribution in [3.05, 3.63) is 54.5 Å². The Bertz CT molecular complexity index is 951. The van der Waals surface area contributed by atoms with Crippen LogP contribution in [0.2, 0.25) is 0 Å². The molecule has 1 aromatic carbocycles. The zero-order valence-electron chi connectivity index (χ0n) is 14.5. The van der Waals surface area contributed by atoms with Crippen LogP contribution in [-0.2, 0) is 11.3 Å². The van der Waals surface area contributed by atoms with Gasteiger partial charge >= 0.3 is 0 Å². The standard InChI is InChI=1S/C20H21N5O/c26-19-8-16-6-7-17(10-21-19)24(16)12-14-9-22-20-18(11-23-25(20)13-14)15-4-2-1-3-5-15/h1-5,9,11,13,16-17H,6-8,10,12H2,(H,21,26)/t16-,17+/m1/s1. The molecule has 26 heavy (non-hydrogen) atoms. The van der Waals surface area contributed by atoms with Crippen molar-refractivity contribution in [1.29, 1.82) is 0 Å². The van der Waals surface area contributed by atoms with Gasteiger partial charge in [-0.25, -0.2) is 9.50 Å². The van der Waals surface area contributed by atoms with Crippen LogP contribution in [0.15, 0.2) is 48.9 Å². The summed E-state index contributed by atoms with van der Waals surface area (Å²) in [4.78, 5) is 19.0. The fraction of sp³-hybridized carbons (Fsp3) is 0.350. The maximum Gasteiger partial charge on any atom is 0.221 e. The van der Waals surface area contributed by atoms with Crippen LogP contribution in [0, 0.1) is 0 Å². The third kappa shape index (κ3) is 2.66. The van der Waals surface area contributed by atoms with Crippen molar-refractivity contribution in [2.24, 2.45) is 0 Å². The molecule has 4 heterocycles. The summed E-state index contributed by atoms with van der Waals surface area (Å²) in [6.07, 6.45) is 8.75. The van der Waals surface area contributed by atoms with Crippen LogP contribution in [0.25, 0.3) is 16.8 Å². The lowest BCUT2D eigenvalue weighted by atomic mass is 10.1. The first-order valence-corrected chi connectivity index (χ1v) is 9.18. The normalized spacial score (nSPS) is 23.2. The summed E-state index contributed by atoms with van der Waals surface area (Å²) in [5.74, 6) is 0.176. The predicted molar refractivity (Wildman–Crippen MR) is 98.4 cm³/mol. The molecule has 3 aromatic rings. The largest absolute Gasteiger partial charge is 0.354 e. The maximum absolute atomic E-state index is 11.8. The molecule has 0 aliphatic carbocycles. The number of aromatic nitrogens is 3. The van der Waals surface area contributed by atoms with Crippen LogP contribution in [0.1, 0.15) is 24.8 Å². The van der Waals surface area contributed by atoms with E-state index in [0.29, 0.717) is 18.5 Å². The highest BCUT2D eigenvalue weighted by atomic mass is 16.1. The van der Waals surface area contributed by atoms with Gasteiger partial charge in [-0.1, -0.05) is 30.3 Å². The molecule has 0 unspecified atom stereocenters. The summed E-state index contributed by atoms with van der Waals surface area (Å²) in [5, 5.41) is 7.53. The summed E-state index contributed by atoms with van der Waals surface area (Å²) in [5.41, 5.74) is 4.17. The third-order valence-electron chi connectivity index (χ3n) is 5.59. The predicted octanol–water partition coefficient (Wildman–Crippen LogP) is 2.25. The van der Waals surface area contributed by atoms with Crippen LogP contribution >= 0.6 is 0 Å². The SMILES string of the molecule is O=C1C[C@H]2CC[C@@H](CN1)N2Cc1cnc2c(-c3ccccc3)cnn2c1. The third-order valence-corrected chi connectivity index (χ3v) is 5.59. The Morgan fingerprint density at radius 2 is 1.96 bits per heavy atom. The van der Waals surface area contributed by atoms with E-state index in [2.05, 4.69) is 38.6 Å². The second kappa shape index (κ2) is 6.21. The lowest BCUT2D eigenvalue weighted by Crippen LogP contribution is -2.37. The number of carbonyl (C=O) groups is 1. The molecule has 1 amide bonds. The van der Waals surface area contributed by atoms with Gasteiger partial charge in [-0.3, -0.25) is 9.69 Å². The van der Waals surface area contributed by atoms with E-state index in [9.17, 15) is 4.79 Å². The quantitative estimate of drug-likeness (QED) is 0.789. The van der Waals surface area contributed by atoms with Crippen molar-refractivity contribution in [1.82, 2.24) is 24.8 Å². The molecule has 2 saturated heterocycles. The average molecular weight is 347 g/mol. The molecule has 2 aromatic heterocycles. The van der Waals surface area contributed by atoms with Crippen LogP contribution in [-0.4, -0.2) is 44.0 Å². The zero-order chi connectivity index (χ0) is 17.5. The number of carbonyl (C=O) groups excluding carboxylic acids is 1. The summed E-state index contributed by atoms with van der Waals surface area (Å²) in [6, 6.07) is 11.0. The Hall–Kier alpha value is -2.73. The van der Waals surface area contributed by atoms with Crippen LogP contribution in [0.5, 0.6) is 0 Å². The van der Waals surface area contributed by atoms with Gasteiger partial charge in [-0.2, -0.15) is 5.10 Å². The lowest BCUT2D eigenvalue weighted by molar-refractivity contribution is -0.121. The topological polar surface area (TPSA) is 62.5 Å². The highest BCUT2D eigenvalue weighted by molar-refractivity contribution is 5.77. The highest BCUT2D eigenvalue weighted by Gasteiger charge is 2.37. The van der Waals surface area contributed by atoms with Crippen molar-refractivity contribution in [2.45, 2.75) is 37.9 Å². The van der Waals surface area contributed by atoms with Gasteiger partial charge < -0.3 is 5.32 Å². The summed E-state index contributed by atoms with van der Waals surface area (Å²) >= 11 is 0. The van der Waals surface area contributed by atoms with Gasteiger partial charge in [0.25, 0.3) is 0 Å². The molecule has 2 atom stereocenters. The number of nitrogens with zero attached hydrogens (tertiary/aromatic N) is 4. The van der Waals surface area contributed by atoms with Crippen LogP contribution < -0.4 is 5.32 Å². The molecule has 0 saturated carbocycles. The van der Waals surface area contributed by atoms with Crippen LogP contribution in [0.4, 0.5) is 0 Å². The van der Waals surface area contributed by atoms with Gasteiger partial charge in [-0.15, -0.1) is 0 Å². The summed E-state index contributed by atoms with van der Waals surface area (Å²) < 4.78 is 1.86. The van der Waals surface area contributed by atoms with Crippen molar-refractivity contribution in [3.8, 4) is 11.1 Å². The smallest absolute Gasteiger partial charge is 0.221 e. The van der Waals surface area contributed by atoms with E-state index < -0.39 is 0 Å². The van der Waals surface area contributed by atoms with E-state index in [0.717, 1.165) is 48.3 Å². The van der Waals surface area contributed by atoms with E-state index in [4.69, 9.17) is 0 Å². The minimum absolute atomic E-state index is 0.176. The lowest BCUT2D eigenvalue weighted by Gasteiger charge is -2.26. The monoisotopic (exact) mass is 347 g/mol. The molecular weight excluding hydrogens is 326 g/mol. The Morgan fingerprint density at radius 1 is 1.12 bits per heavy atom. The van der Waals surface area contributed by atoms with E-state index >= 15 is 0 Å². The molecule has 2 aliphatic heterocycles. The number of nitrogens with one attached hydrogen (secondary N) is 1. The molecule has 5 rings (SSSR count). The molecule has 2 aliphatic rings. The number of benzene rings is 1. The molecule has 6 nitrogen and oxygen atoms in total. The number of fused-ring (bicyclic) bond motifs is 3. The second-order valence-corrected chi connectivity index (χ2v) is 7.22. The highest BCUT2D eigenvalue weighted by Crippen LogP contribution is 2.30. The van der Waals surface area contributed by atoms with Crippen LogP contribution in [0.3, 0.4) is 0 Å². The Morgan fingerprint density at radius 3 is 2.85 bits per heavy atom. The Balaban J connectivity index is 1.43. The molecule has 132 valence electrons. The van der Waals surface area contributed by atoms with Gasteiger partial charge in [0.05, 0.1) is 6.20 Å². The molecule has 2 bridgehead atoms. The van der Waals surface area contributed by atoms with E-state index in [1.165, 1.54) is 0 Å². The minimum atomic E-state index is 0.176. The summed E-state index contributed by atoms with van der Waals surface area (Å²) in [7, 11) is 0. The first kappa shape index (κ1) is 15.5. The minimum Gasteiger partial charge on any atom is -0.354 e. The van der Waals surface area contributed by atoms with Crippen molar-refractivity contribution in [2.75, 3.05) is 6.54 Å². The number of rotatable bonds is 3. The first-order valence-electron chi connectivity index (χ1n) is 9.18. The molecule has 0 radical (unpaired) electrons. The molecule has 6 heteroatoms. The average Bonchev–Trinajstić information content (AvgIpc) is 3.20. The van der Waals surface area contributed by atoms with Crippen molar-refractivity contribution < 1.29 is 4.79 Å². The maximum atomic E-state index is 11.8. The van der Waals surface area contributed by atoms with Gasteiger partial charge in [0.15, 0.2) is 5.65 Å². The van der Waals surface area contributed by atoms with Gasteiger partial charge in [0.2, 0.25) is 5.91 Å². The van der Waals surface area contributed by atoms with E-state index in [-0.39, 0.29) is 5.91 Å². The van der Waals surface area contributed by atoms with E-state index in [1.54, 1.807) is 0 Å². The summed E-state index contributed by atoms with van der Waals surface area (Å²) in [6.45, 7) is 1.57. The fourth-order valence-electron chi connectivity index (χ4n) is 4.26. The van der Waals surface area contributed by atoms with Crippen molar-refractivity contribution in [3.63, 3.8) is 0 Å². The molecule has 1 N–H and O–H groups in total. The van der Waals surface area contributed by atoms with Gasteiger partial charge in [-0.05, 0) is 18.4 Å². The molecular formula is C20H21N5O. The number of hydrogen-bond acceptors (Lipinski definition) is 4. The fourth-order valence-corrected chi connectivity index (χ4v) is 4.26. The molecule has 2 fully saturated rings. The molecule has 0 spiro atoms.